The van der Waals surface area contributed by atoms with Gasteiger partial charge in [-0.25, -0.2) is 4.98 Å². The van der Waals surface area contributed by atoms with Gasteiger partial charge in [-0.3, -0.25) is 0 Å². The van der Waals surface area contributed by atoms with Crippen LogP contribution in [0.2, 0.25) is 0 Å². The molecule has 0 aliphatic carbocycles. The normalized spacial score (nSPS) is 13.2. The van der Waals surface area contributed by atoms with Crippen LogP contribution in [0.5, 0.6) is 0 Å². The SMILES string of the molecule is Cc1ccc2nc(NCC(C)N(C)C)sc2c1. The number of rotatable bonds is 4. The largest absolute Gasteiger partial charge is 0.360 e. The van der Waals surface area contributed by atoms with Crippen molar-refractivity contribution in [1.82, 2.24) is 9.88 Å². The fraction of sp³-hybridized carbons (Fsp3) is 0.462. The molecule has 3 nitrogen and oxygen atoms in total. The van der Waals surface area contributed by atoms with Crippen molar-refractivity contribution < 1.29 is 0 Å². The van der Waals surface area contributed by atoms with Crippen LogP contribution in [-0.4, -0.2) is 36.6 Å². The number of nitrogens with zero attached hydrogens (tertiary/aromatic N) is 2. The average Bonchev–Trinajstić information content (AvgIpc) is 2.67. The van der Waals surface area contributed by atoms with Crippen LogP contribution in [0.25, 0.3) is 10.2 Å². The summed E-state index contributed by atoms with van der Waals surface area (Å²) in [5, 5.41) is 4.41. The zero-order valence-corrected chi connectivity index (χ0v) is 11.6. The third kappa shape index (κ3) is 2.96. The molecule has 0 aliphatic heterocycles. The number of nitrogens with one attached hydrogen (secondary N) is 1. The number of thiazole rings is 1. The van der Waals surface area contributed by atoms with E-state index >= 15 is 0 Å². The standard InChI is InChI=1S/C13H19N3S/c1-9-5-6-11-12(7-9)17-13(15-11)14-8-10(2)16(3)4/h5-7,10H,8H2,1-4H3,(H,14,15). The van der Waals surface area contributed by atoms with Crippen LogP contribution < -0.4 is 5.32 Å². The van der Waals surface area contributed by atoms with E-state index < -0.39 is 0 Å². The zero-order valence-electron chi connectivity index (χ0n) is 10.8. The van der Waals surface area contributed by atoms with E-state index in [-0.39, 0.29) is 0 Å². The van der Waals surface area contributed by atoms with Gasteiger partial charge in [-0.1, -0.05) is 17.4 Å². The van der Waals surface area contributed by atoms with Crippen molar-refractivity contribution in [3.8, 4) is 0 Å². The molecule has 1 atom stereocenters. The summed E-state index contributed by atoms with van der Waals surface area (Å²) >= 11 is 1.72. The Hall–Kier alpha value is -1.13. The first kappa shape index (κ1) is 12.3. The van der Waals surface area contributed by atoms with Gasteiger partial charge in [-0.15, -0.1) is 0 Å². The molecule has 1 heterocycles. The molecule has 0 radical (unpaired) electrons. The van der Waals surface area contributed by atoms with Gasteiger partial charge in [0.15, 0.2) is 5.13 Å². The third-order valence-electron chi connectivity index (χ3n) is 2.97. The van der Waals surface area contributed by atoms with E-state index in [1.165, 1.54) is 10.3 Å². The molecule has 0 amide bonds. The van der Waals surface area contributed by atoms with E-state index in [9.17, 15) is 0 Å². The van der Waals surface area contributed by atoms with E-state index in [0.29, 0.717) is 6.04 Å². The van der Waals surface area contributed by atoms with Crippen LogP contribution in [0, 0.1) is 6.92 Å². The summed E-state index contributed by atoms with van der Waals surface area (Å²) in [5.74, 6) is 0. The van der Waals surface area contributed by atoms with Crippen LogP contribution in [0.4, 0.5) is 5.13 Å². The van der Waals surface area contributed by atoms with E-state index in [2.05, 4.69) is 61.3 Å². The van der Waals surface area contributed by atoms with Gasteiger partial charge in [0.1, 0.15) is 0 Å². The highest BCUT2D eigenvalue weighted by molar-refractivity contribution is 7.22. The molecular formula is C13H19N3S. The molecule has 2 aromatic rings. The average molecular weight is 249 g/mol. The smallest absolute Gasteiger partial charge is 0.183 e. The topological polar surface area (TPSA) is 28.2 Å². The van der Waals surface area contributed by atoms with Gasteiger partial charge in [-0.2, -0.15) is 0 Å². The second kappa shape index (κ2) is 5.02. The summed E-state index contributed by atoms with van der Waals surface area (Å²) in [5.41, 5.74) is 2.37. The molecule has 17 heavy (non-hydrogen) atoms. The van der Waals surface area contributed by atoms with Crippen molar-refractivity contribution in [1.29, 1.82) is 0 Å². The minimum atomic E-state index is 0.503. The van der Waals surface area contributed by atoms with Gasteiger partial charge in [0.05, 0.1) is 10.2 Å². The van der Waals surface area contributed by atoms with Crippen LogP contribution in [-0.2, 0) is 0 Å². The van der Waals surface area contributed by atoms with E-state index in [4.69, 9.17) is 0 Å². The first-order chi connectivity index (χ1) is 8.06. The Bertz CT molecular complexity index is 504. The predicted molar refractivity (Wildman–Crippen MR) is 76.0 cm³/mol. The second-order valence-electron chi connectivity index (χ2n) is 4.68. The van der Waals surface area contributed by atoms with Gasteiger partial charge in [-0.05, 0) is 45.6 Å². The minimum absolute atomic E-state index is 0.503. The van der Waals surface area contributed by atoms with Crippen molar-refractivity contribution in [2.24, 2.45) is 0 Å². The number of likely N-dealkylation sites (N-methyl/N-ethyl adjacent to an activating group) is 1. The molecule has 0 spiro atoms. The maximum atomic E-state index is 4.57. The van der Waals surface area contributed by atoms with Crippen molar-refractivity contribution in [2.45, 2.75) is 19.9 Å². The summed E-state index contributed by atoms with van der Waals surface area (Å²) in [6, 6.07) is 6.88. The lowest BCUT2D eigenvalue weighted by atomic mass is 10.2. The summed E-state index contributed by atoms with van der Waals surface area (Å²) in [7, 11) is 4.18. The quantitative estimate of drug-likeness (QED) is 0.903. The third-order valence-corrected chi connectivity index (χ3v) is 3.95. The molecule has 92 valence electrons. The molecule has 2 rings (SSSR count). The summed E-state index contributed by atoms with van der Waals surface area (Å²) in [6.45, 7) is 5.23. The minimum Gasteiger partial charge on any atom is -0.360 e. The van der Waals surface area contributed by atoms with Crippen LogP contribution in [0.3, 0.4) is 0 Å². The van der Waals surface area contributed by atoms with Crippen LogP contribution in [0.1, 0.15) is 12.5 Å². The van der Waals surface area contributed by atoms with Gasteiger partial charge in [0.25, 0.3) is 0 Å². The number of hydrogen-bond acceptors (Lipinski definition) is 4. The fourth-order valence-corrected chi connectivity index (χ4v) is 2.50. The van der Waals surface area contributed by atoms with Gasteiger partial charge >= 0.3 is 0 Å². The predicted octanol–water partition coefficient (Wildman–Crippen LogP) is 2.97. The Morgan fingerprint density at radius 2 is 2.18 bits per heavy atom. The van der Waals surface area contributed by atoms with Crippen molar-refractivity contribution in [3.05, 3.63) is 23.8 Å². The van der Waals surface area contributed by atoms with Crippen molar-refractivity contribution in [3.63, 3.8) is 0 Å². The van der Waals surface area contributed by atoms with E-state index in [1.807, 2.05) is 0 Å². The Morgan fingerprint density at radius 1 is 1.41 bits per heavy atom. The van der Waals surface area contributed by atoms with Gasteiger partial charge < -0.3 is 10.2 Å². The lowest BCUT2D eigenvalue weighted by Crippen LogP contribution is -2.31. The van der Waals surface area contributed by atoms with E-state index in [1.54, 1.807) is 11.3 Å². The lowest BCUT2D eigenvalue weighted by molar-refractivity contribution is 0.326. The highest BCUT2D eigenvalue weighted by Gasteiger charge is 2.07. The Balaban J connectivity index is 2.09. The van der Waals surface area contributed by atoms with E-state index in [0.717, 1.165) is 17.2 Å². The molecule has 1 N–H and O–H groups in total. The molecule has 0 saturated carbocycles. The maximum Gasteiger partial charge on any atom is 0.183 e. The Kier molecular flexibility index (Phi) is 3.64. The monoisotopic (exact) mass is 249 g/mol. The fourth-order valence-electron chi connectivity index (χ4n) is 1.53. The van der Waals surface area contributed by atoms with Crippen LogP contribution in [0.15, 0.2) is 18.2 Å². The molecular weight excluding hydrogens is 230 g/mol. The number of anilines is 1. The summed E-state index contributed by atoms with van der Waals surface area (Å²) in [4.78, 5) is 6.77. The second-order valence-corrected chi connectivity index (χ2v) is 5.71. The highest BCUT2D eigenvalue weighted by atomic mass is 32.1. The summed E-state index contributed by atoms with van der Waals surface area (Å²) in [6.07, 6.45) is 0. The first-order valence-corrected chi connectivity index (χ1v) is 6.65. The lowest BCUT2D eigenvalue weighted by Gasteiger charge is -2.19. The number of fused-ring (bicyclic) bond motifs is 1. The van der Waals surface area contributed by atoms with Crippen molar-refractivity contribution >= 4 is 26.7 Å². The van der Waals surface area contributed by atoms with Gasteiger partial charge in [0.2, 0.25) is 0 Å². The molecule has 1 aromatic heterocycles. The van der Waals surface area contributed by atoms with Crippen LogP contribution >= 0.6 is 11.3 Å². The Morgan fingerprint density at radius 3 is 2.88 bits per heavy atom. The zero-order chi connectivity index (χ0) is 12.4. The van der Waals surface area contributed by atoms with Crippen molar-refractivity contribution in [2.75, 3.05) is 26.0 Å². The molecule has 0 saturated heterocycles. The molecule has 0 fully saturated rings. The molecule has 4 heteroatoms. The van der Waals surface area contributed by atoms with Gasteiger partial charge in [0, 0.05) is 12.6 Å². The summed E-state index contributed by atoms with van der Waals surface area (Å²) < 4.78 is 1.25. The molecule has 1 unspecified atom stereocenters. The molecule has 0 aliphatic rings. The highest BCUT2D eigenvalue weighted by Crippen LogP contribution is 2.26. The maximum absolute atomic E-state index is 4.57. The molecule has 0 bridgehead atoms. The first-order valence-electron chi connectivity index (χ1n) is 5.84. The number of aryl methyl sites for hydroxylation is 1. The number of benzene rings is 1. The number of aromatic nitrogens is 1. The number of hydrogen-bond donors (Lipinski definition) is 1. The molecule has 1 aromatic carbocycles. The Labute approximate surface area is 106 Å².